The molecule has 0 saturated carbocycles. The second kappa shape index (κ2) is 10.7. The average Bonchev–Trinajstić information content (AvgIpc) is 2.85. The molecule has 0 aromatic heterocycles. The van der Waals surface area contributed by atoms with Gasteiger partial charge in [0.15, 0.2) is 6.61 Å². The number of hydrogen-bond acceptors (Lipinski definition) is 5. The number of sulfonamides is 1. The van der Waals surface area contributed by atoms with E-state index in [0.29, 0.717) is 35.8 Å². The Hall–Kier alpha value is -3.36. The van der Waals surface area contributed by atoms with E-state index >= 15 is 0 Å². The van der Waals surface area contributed by atoms with Gasteiger partial charge >= 0.3 is 0 Å². The normalized spacial score (nSPS) is 14.4. The number of rotatable bonds is 8. The number of hydrogen-bond donors (Lipinski definition) is 1. The lowest BCUT2D eigenvalue weighted by molar-refractivity contribution is -0.118. The molecule has 1 saturated heterocycles. The summed E-state index contributed by atoms with van der Waals surface area (Å²) in [5.74, 6) is 1.55. The van der Waals surface area contributed by atoms with Crippen LogP contribution in [0.4, 0.5) is 5.69 Å². The Balaban J connectivity index is 1.31. The molecule has 8 heteroatoms. The predicted molar refractivity (Wildman–Crippen MR) is 131 cm³/mol. The largest absolute Gasteiger partial charge is 0.483 e. The summed E-state index contributed by atoms with van der Waals surface area (Å²) in [6, 6.07) is 21.2. The quantitative estimate of drug-likeness (QED) is 0.492. The standard InChI is InChI=1S/C26H28N2O5S/c1-20-18-24(34(30,31)28-16-6-3-7-17-28)14-15-25(20)32-19-26(29)27-21-10-12-23(13-11-21)33-22-8-4-2-5-9-22/h2,4-5,8-15,18H,3,6-7,16-17,19H2,1H3,(H,27,29). The van der Waals surface area contributed by atoms with Gasteiger partial charge in [-0.3, -0.25) is 4.79 Å². The van der Waals surface area contributed by atoms with Gasteiger partial charge in [0.1, 0.15) is 17.2 Å². The second-order valence-electron chi connectivity index (χ2n) is 8.17. The van der Waals surface area contributed by atoms with Crippen molar-refractivity contribution in [2.24, 2.45) is 0 Å². The Morgan fingerprint density at radius 2 is 1.59 bits per heavy atom. The lowest BCUT2D eigenvalue weighted by Crippen LogP contribution is -2.35. The van der Waals surface area contributed by atoms with Crippen LogP contribution in [0.1, 0.15) is 24.8 Å². The molecule has 0 bridgehead atoms. The highest BCUT2D eigenvalue weighted by Gasteiger charge is 2.26. The molecule has 1 aliphatic rings. The molecule has 7 nitrogen and oxygen atoms in total. The number of piperidine rings is 1. The molecule has 3 aromatic carbocycles. The highest BCUT2D eigenvalue weighted by molar-refractivity contribution is 7.89. The minimum Gasteiger partial charge on any atom is -0.483 e. The zero-order chi connectivity index (χ0) is 24.0. The number of nitrogens with zero attached hydrogens (tertiary/aromatic N) is 1. The Bertz CT molecular complexity index is 1220. The smallest absolute Gasteiger partial charge is 0.262 e. The second-order valence-corrected chi connectivity index (χ2v) is 10.1. The molecule has 1 N–H and O–H groups in total. The number of anilines is 1. The number of nitrogens with one attached hydrogen (secondary N) is 1. The summed E-state index contributed by atoms with van der Waals surface area (Å²) < 4.78 is 38.6. The van der Waals surface area contributed by atoms with Gasteiger partial charge in [-0.15, -0.1) is 0 Å². The average molecular weight is 481 g/mol. The summed E-state index contributed by atoms with van der Waals surface area (Å²) in [6.07, 6.45) is 2.83. The number of carbonyl (C=O) groups excluding carboxylic acids is 1. The number of amides is 1. The summed E-state index contributed by atoms with van der Waals surface area (Å²) in [7, 11) is -3.51. The minimum absolute atomic E-state index is 0.193. The molecule has 0 spiro atoms. The third kappa shape index (κ3) is 5.95. The molecule has 0 unspecified atom stereocenters. The maximum atomic E-state index is 12.9. The van der Waals surface area contributed by atoms with E-state index in [-0.39, 0.29) is 17.4 Å². The number of aryl methyl sites for hydroxylation is 1. The molecule has 1 aliphatic heterocycles. The fourth-order valence-electron chi connectivity index (χ4n) is 3.77. The van der Waals surface area contributed by atoms with Crippen LogP contribution in [0.5, 0.6) is 17.2 Å². The molecule has 34 heavy (non-hydrogen) atoms. The Morgan fingerprint density at radius 1 is 0.912 bits per heavy atom. The van der Waals surface area contributed by atoms with E-state index in [9.17, 15) is 13.2 Å². The molecule has 1 heterocycles. The molecule has 178 valence electrons. The monoisotopic (exact) mass is 480 g/mol. The zero-order valence-corrected chi connectivity index (χ0v) is 19.9. The maximum absolute atomic E-state index is 12.9. The predicted octanol–water partition coefficient (Wildman–Crippen LogP) is 4.98. The first-order chi connectivity index (χ1) is 16.4. The molecule has 1 fully saturated rings. The van der Waals surface area contributed by atoms with Crippen molar-refractivity contribution in [1.29, 1.82) is 0 Å². The van der Waals surface area contributed by atoms with Crippen LogP contribution in [0.2, 0.25) is 0 Å². The Labute approximate surface area is 200 Å². The molecular weight excluding hydrogens is 452 g/mol. The van der Waals surface area contributed by atoms with Gasteiger partial charge in [0.25, 0.3) is 5.91 Å². The van der Waals surface area contributed by atoms with Gasteiger partial charge in [-0.1, -0.05) is 24.6 Å². The van der Waals surface area contributed by atoms with Gasteiger partial charge in [0, 0.05) is 18.8 Å². The fourth-order valence-corrected chi connectivity index (χ4v) is 5.37. The number of benzene rings is 3. The van der Waals surface area contributed by atoms with Gasteiger partial charge in [0.2, 0.25) is 10.0 Å². The van der Waals surface area contributed by atoms with E-state index in [1.807, 2.05) is 30.3 Å². The molecule has 0 aliphatic carbocycles. The zero-order valence-electron chi connectivity index (χ0n) is 19.1. The first kappa shape index (κ1) is 23.8. The summed E-state index contributed by atoms with van der Waals surface area (Å²) in [4.78, 5) is 12.6. The van der Waals surface area contributed by atoms with Gasteiger partial charge in [-0.05, 0) is 79.9 Å². The lowest BCUT2D eigenvalue weighted by atomic mass is 10.2. The van der Waals surface area contributed by atoms with Crippen LogP contribution in [0.15, 0.2) is 77.7 Å². The third-order valence-electron chi connectivity index (χ3n) is 5.57. The summed E-state index contributed by atoms with van der Waals surface area (Å²) in [5.41, 5.74) is 1.28. The van der Waals surface area contributed by atoms with Crippen LogP contribution in [-0.4, -0.2) is 38.3 Å². The highest BCUT2D eigenvalue weighted by atomic mass is 32.2. The lowest BCUT2D eigenvalue weighted by Gasteiger charge is -2.26. The molecular formula is C26H28N2O5S. The van der Waals surface area contributed by atoms with Gasteiger partial charge < -0.3 is 14.8 Å². The number of para-hydroxylation sites is 1. The third-order valence-corrected chi connectivity index (χ3v) is 7.47. The van der Waals surface area contributed by atoms with Crippen molar-refractivity contribution >= 4 is 21.6 Å². The molecule has 3 aromatic rings. The summed E-state index contributed by atoms with van der Waals surface area (Å²) >= 11 is 0. The first-order valence-electron chi connectivity index (χ1n) is 11.3. The van der Waals surface area contributed by atoms with Crippen LogP contribution in [0.25, 0.3) is 0 Å². The van der Waals surface area contributed by atoms with E-state index in [0.717, 1.165) is 25.0 Å². The molecule has 0 radical (unpaired) electrons. The van der Waals surface area contributed by atoms with Crippen molar-refractivity contribution in [3.63, 3.8) is 0 Å². The number of ether oxygens (including phenoxy) is 2. The topological polar surface area (TPSA) is 84.9 Å². The molecule has 1 amide bonds. The SMILES string of the molecule is Cc1cc(S(=O)(=O)N2CCCCC2)ccc1OCC(=O)Nc1ccc(Oc2ccccc2)cc1. The van der Waals surface area contributed by atoms with Crippen molar-refractivity contribution < 1.29 is 22.7 Å². The fraction of sp³-hybridized carbons (Fsp3) is 0.269. The highest BCUT2D eigenvalue weighted by Crippen LogP contribution is 2.26. The minimum atomic E-state index is -3.51. The van der Waals surface area contributed by atoms with Crippen LogP contribution >= 0.6 is 0 Å². The van der Waals surface area contributed by atoms with E-state index < -0.39 is 10.0 Å². The van der Waals surface area contributed by atoms with Crippen molar-refractivity contribution in [3.05, 3.63) is 78.4 Å². The molecule has 0 atom stereocenters. The van der Waals surface area contributed by atoms with E-state index in [2.05, 4.69) is 5.32 Å². The van der Waals surface area contributed by atoms with E-state index in [1.54, 1.807) is 43.3 Å². The van der Waals surface area contributed by atoms with Gasteiger partial charge in [0.05, 0.1) is 4.90 Å². The van der Waals surface area contributed by atoms with Crippen LogP contribution in [0, 0.1) is 6.92 Å². The van der Waals surface area contributed by atoms with Gasteiger partial charge in [-0.25, -0.2) is 8.42 Å². The van der Waals surface area contributed by atoms with Crippen molar-refractivity contribution in [2.75, 3.05) is 25.0 Å². The van der Waals surface area contributed by atoms with Crippen LogP contribution in [-0.2, 0) is 14.8 Å². The Kier molecular flexibility index (Phi) is 7.49. The van der Waals surface area contributed by atoms with Gasteiger partial charge in [-0.2, -0.15) is 4.31 Å². The van der Waals surface area contributed by atoms with E-state index in [4.69, 9.17) is 9.47 Å². The van der Waals surface area contributed by atoms with Crippen molar-refractivity contribution in [3.8, 4) is 17.2 Å². The van der Waals surface area contributed by atoms with Crippen LogP contribution in [0.3, 0.4) is 0 Å². The molecule has 4 rings (SSSR count). The Morgan fingerprint density at radius 3 is 2.26 bits per heavy atom. The van der Waals surface area contributed by atoms with Crippen LogP contribution < -0.4 is 14.8 Å². The number of carbonyl (C=O) groups is 1. The van der Waals surface area contributed by atoms with Crippen molar-refractivity contribution in [2.45, 2.75) is 31.1 Å². The summed E-state index contributed by atoms with van der Waals surface area (Å²) in [6.45, 7) is 2.69. The van der Waals surface area contributed by atoms with E-state index in [1.165, 1.54) is 10.4 Å². The first-order valence-corrected chi connectivity index (χ1v) is 12.7. The van der Waals surface area contributed by atoms with Crippen molar-refractivity contribution in [1.82, 2.24) is 4.31 Å². The summed E-state index contributed by atoms with van der Waals surface area (Å²) in [5, 5.41) is 2.78. The maximum Gasteiger partial charge on any atom is 0.262 e.